The molecule has 1 fully saturated rings. The molecule has 0 aromatic rings. The highest BCUT2D eigenvalue weighted by molar-refractivity contribution is 4.98. The predicted molar refractivity (Wildman–Crippen MR) is 62.6 cm³/mol. The summed E-state index contributed by atoms with van der Waals surface area (Å²) >= 11 is 0. The average Bonchev–Trinajstić information content (AvgIpc) is 3.00. The molecule has 0 amide bonds. The molecule has 0 aromatic carbocycles. The number of nitriles is 1. The Bertz CT molecular complexity index is 238. The zero-order valence-electron chi connectivity index (χ0n) is 10.4. The maximum atomic E-state index is 9.05. The molecule has 1 atom stereocenters. The van der Waals surface area contributed by atoms with Crippen molar-refractivity contribution in [1.82, 2.24) is 10.2 Å². The predicted octanol–water partition coefficient (Wildman–Crippen LogP) is 1.75. The third-order valence-corrected chi connectivity index (χ3v) is 3.53. The van der Waals surface area contributed by atoms with Crippen molar-refractivity contribution in [3.63, 3.8) is 0 Å². The number of nitrogens with one attached hydrogen (secondary N) is 1. The first-order chi connectivity index (χ1) is 6.99. The molecule has 0 aromatic heterocycles. The van der Waals surface area contributed by atoms with Crippen molar-refractivity contribution in [2.24, 2.45) is 0 Å². The molecule has 1 N–H and O–H groups in total. The Morgan fingerprint density at radius 2 is 2.13 bits per heavy atom. The number of nitrogens with zero attached hydrogens (tertiary/aromatic N) is 2. The van der Waals surface area contributed by atoms with Gasteiger partial charge in [-0.25, -0.2) is 0 Å². The Labute approximate surface area is 93.5 Å². The Hall–Kier alpha value is -0.590. The number of rotatable bonds is 6. The van der Waals surface area contributed by atoms with Crippen LogP contribution < -0.4 is 5.32 Å². The minimum Gasteiger partial charge on any atom is -0.299 e. The van der Waals surface area contributed by atoms with Gasteiger partial charge in [0.05, 0.1) is 6.07 Å². The first kappa shape index (κ1) is 12.5. The molecule has 0 radical (unpaired) electrons. The van der Waals surface area contributed by atoms with Crippen LogP contribution in [0.5, 0.6) is 0 Å². The summed E-state index contributed by atoms with van der Waals surface area (Å²) in [6.45, 7) is 7.44. The highest BCUT2D eigenvalue weighted by atomic mass is 15.2. The molecule has 15 heavy (non-hydrogen) atoms. The van der Waals surface area contributed by atoms with Crippen molar-refractivity contribution in [3.8, 4) is 6.07 Å². The SMILES string of the molecule is CCC(C)(C)N(C)CC(C#N)NC1CC1. The van der Waals surface area contributed by atoms with Gasteiger partial charge in [-0.15, -0.1) is 0 Å². The summed E-state index contributed by atoms with van der Waals surface area (Å²) in [5.41, 5.74) is 0.181. The number of hydrogen-bond acceptors (Lipinski definition) is 3. The minimum absolute atomic E-state index is 0.0201. The summed E-state index contributed by atoms with van der Waals surface area (Å²) < 4.78 is 0. The Morgan fingerprint density at radius 1 is 1.53 bits per heavy atom. The molecule has 0 bridgehead atoms. The van der Waals surface area contributed by atoms with E-state index in [0.717, 1.165) is 13.0 Å². The van der Waals surface area contributed by atoms with Crippen molar-refractivity contribution in [1.29, 1.82) is 5.26 Å². The van der Waals surface area contributed by atoms with E-state index in [0.29, 0.717) is 6.04 Å². The van der Waals surface area contributed by atoms with E-state index in [2.05, 4.69) is 44.1 Å². The van der Waals surface area contributed by atoms with Gasteiger partial charge < -0.3 is 0 Å². The molecule has 0 heterocycles. The van der Waals surface area contributed by atoms with Gasteiger partial charge in [-0.2, -0.15) is 5.26 Å². The van der Waals surface area contributed by atoms with E-state index in [1.807, 2.05) is 0 Å². The van der Waals surface area contributed by atoms with Crippen LogP contribution >= 0.6 is 0 Å². The molecule has 1 aliphatic rings. The molecule has 1 aliphatic carbocycles. The standard InChI is InChI=1S/C12H23N3/c1-5-12(2,3)15(4)9-11(8-13)14-10-6-7-10/h10-11,14H,5-7,9H2,1-4H3. The lowest BCUT2D eigenvalue weighted by molar-refractivity contribution is 0.143. The molecule has 3 heteroatoms. The van der Waals surface area contributed by atoms with Crippen molar-refractivity contribution >= 4 is 0 Å². The lowest BCUT2D eigenvalue weighted by Gasteiger charge is -2.36. The molecule has 1 saturated carbocycles. The van der Waals surface area contributed by atoms with Crippen molar-refractivity contribution in [2.75, 3.05) is 13.6 Å². The molecular formula is C12H23N3. The number of likely N-dealkylation sites (N-methyl/N-ethyl adjacent to an activating group) is 1. The maximum absolute atomic E-state index is 9.05. The summed E-state index contributed by atoms with van der Waals surface area (Å²) in [7, 11) is 2.10. The van der Waals surface area contributed by atoms with E-state index in [1.165, 1.54) is 12.8 Å². The van der Waals surface area contributed by atoms with Crippen LogP contribution in [0.25, 0.3) is 0 Å². The van der Waals surface area contributed by atoms with Gasteiger partial charge in [-0.3, -0.25) is 10.2 Å². The smallest absolute Gasteiger partial charge is 0.108 e. The van der Waals surface area contributed by atoms with Crippen LogP contribution in [-0.4, -0.2) is 36.1 Å². The lowest BCUT2D eigenvalue weighted by atomic mass is 9.99. The van der Waals surface area contributed by atoms with Crippen LogP contribution in [0.15, 0.2) is 0 Å². The van der Waals surface area contributed by atoms with Crippen LogP contribution in [0, 0.1) is 11.3 Å². The second-order valence-corrected chi connectivity index (χ2v) is 5.17. The van der Waals surface area contributed by atoms with Crippen LogP contribution in [0.2, 0.25) is 0 Å². The van der Waals surface area contributed by atoms with Crippen molar-refractivity contribution < 1.29 is 0 Å². The topological polar surface area (TPSA) is 39.1 Å². The van der Waals surface area contributed by atoms with Crippen LogP contribution in [0.4, 0.5) is 0 Å². The summed E-state index contributed by atoms with van der Waals surface area (Å²) in [6, 6.07) is 2.93. The van der Waals surface area contributed by atoms with Gasteiger partial charge in [0.2, 0.25) is 0 Å². The fourth-order valence-corrected chi connectivity index (χ4v) is 1.46. The zero-order chi connectivity index (χ0) is 11.5. The van der Waals surface area contributed by atoms with Gasteiger partial charge in [-0.05, 0) is 40.2 Å². The Kier molecular flexibility index (Phi) is 4.12. The van der Waals surface area contributed by atoms with E-state index < -0.39 is 0 Å². The van der Waals surface area contributed by atoms with Gasteiger partial charge in [0, 0.05) is 18.1 Å². The molecule has 1 rings (SSSR count). The second kappa shape index (κ2) is 4.96. The van der Waals surface area contributed by atoms with E-state index in [9.17, 15) is 0 Å². The zero-order valence-corrected chi connectivity index (χ0v) is 10.4. The largest absolute Gasteiger partial charge is 0.299 e. The number of hydrogen-bond donors (Lipinski definition) is 1. The van der Waals surface area contributed by atoms with E-state index in [4.69, 9.17) is 5.26 Å². The Balaban J connectivity index is 2.40. The highest BCUT2D eigenvalue weighted by Crippen LogP contribution is 2.21. The first-order valence-electron chi connectivity index (χ1n) is 5.86. The normalized spacial score (nSPS) is 18.9. The van der Waals surface area contributed by atoms with Crippen LogP contribution in [-0.2, 0) is 0 Å². The van der Waals surface area contributed by atoms with Gasteiger partial charge >= 0.3 is 0 Å². The fourth-order valence-electron chi connectivity index (χ4n) is 1.46. The highest BCUT2D eigenvalue weighted by Gasteiger charge is 2.28. The third-order valence-electron chi connectivity index (χ3n) is 3.53. The van der Waals surface area contributed by atoms with E-state index >= 15 is 0 Å². The average molecular weight is 209 g/mol. The second-order valence-electron chi connectivity index (χ2n) is 5.17. The molecule has 0 saturated heterocycles. The van der Waals surface area contributed by atoms with Gasteiger partial charge in [-0.1, -0.05) is 6.92 Å². The molecule has 3 nitrogen and oxygen atoms in total. The summed E-state index contributed by atoms with van der Waals surface area (Å²) in [5, 5.41) is 12.4. The summed E-state index contributed by atoms with van der Waals surface area (Å²) in [5.74, 6) is 0. The molecular weight excluding hydrogens is 186 g/mol. The van der Waals surface area contributed by atoms with E-state index in [1.54, 1.807) is 0 Å². The molecule has 86 valence electrons. The molecule has 0 spiro atoms. The van der Waals surface area contributed by atoms with Gasteiger partial charge in [0.15, 0.2) is 0 Å². The van der Waals surface area contributed by atoms with Crippen molar-refractivity contribution in [2.45, 2.75) is 57.7 Å². The van der Waals surface area contributed by atoms with Crippen molar-refractivity contribution in [3.05, 3.63) is 0 Å². The minimum atomic E-state index is -0.0201. The summed E-state index contributed by atoms with van der Waals surface area (Å²) in [4.78, 5) is 2.27. The summed E-state index contributed by atoms with van der Waals surface area (Å²) in [6.07, 6.45) is 3.57. The molecule has 0 aliphatic heterocycles. The van der Waals surface area contributed by atoms with Gasteiger partial charge in [0.25, 0.3) is 0 Å². The monoisotopic (exact) mass is 209 g/mol. The van der Waals surface area contributed by atoms with Gasteiger partial charge in [0.1, 0.15) is 6.04 Å². The quantitative estimate of drug-likeness (QED) is 0.724. The van der Waals surface area contributed by atoms with Crippen LogP contribution in [0.3, 0.4) is 0 Å². The van der Waals surface area contributed by atoms with E-state index in [-0.39, 0.29) is 11.6 Å². The van der Waals surface area contributed by atoms with Crippen LogP contribution in [0.1, 0.15) is 40.0 Å². The Morgan fingerprint density at radius 3 is 2.53 bits per heavy atom. The molecule has 1 unspecified atom stereocenters. The maximum Gasteiger partial charge on any atom is 0.108 e. The third kappa shape index (κ3) is 3.81. The first-order valence-corrected chi connectivity index (χ1v) is 5.86. The lowest BCUT2D eigenvalue weighted by Crippen LogP contribution is -2.48. The fraction of sp³-hybridized carbons (Fsp3) is 0.917.